The van der Waals surface area contributed by atoms with Crippen molar-refractivity contribution < 1.29 is 23.8 Å². The van der Waals surface area contributed by atoms with E-state index in [1.54, 1.807) is 25.1 Å². The number of carbonyl (C=O) groups is 2. The summed E-state index contributed by atoms with van der Waals surface area (Å²) >= 11 is 0. The molecule has 0 aromatic heterocycles. The third kappa shape index (κ3) is 2.86. The lowest BCUT2D eigenvalue weighted by molar-refractivity contribution is -0.148. The average molecular weight is 266 g/mol. The van der Waals surface area contributed by atoms with Crippen LogP contribution in [0.5, 0.6) is 11.5 Å². The number of aldehydes is 1. The zero-order valence-electron chi connectivity index (χ0n) is 11.6. The zero-order chi connectivity index (χ0) is 14.5. The van der Waals surface area contributed by atoms with Crippen molar-refractivity contribution >= 4 is 12.3 Å². The Bertz CT molecular complexity index is 469. The fourth-order valence-corrected chi connectivity index (χ4v) is 1.89. The highest BCUT2D eigenvalue weighted by atomic mass is 16.5. The van der Waals surface area contributed by atoms with Gasteiger partial charge in [-0.25, -0.2) is 0 Å². The summed E-state index contributed by atoms with van der Waals surface area (Å²) < 4.78 is 15.1. The van der Waals surface area contributed by atoms with Gasteiger partial charge in [0.05, 0.1) is 26.7 Å². The Balaban J connectivity index is 3.31. The fourth-order valence-electron chi connectivity index (χ4n) is 1.89. The van der Waals surface area contributed by atoms with Crippen LogP contribution in [-0.2, 0) is 19.7 Å². The van der Waals surface area contributed by atoms with Gasteiger partial charge in [-0.1, -0.05) is 6.07 Å². The molecule has 5 nitrogen and oxygen atoms in total. The summed E-state index contributed by atoms with van der Waals surface area (Å²) in [6.07, 6.45) is 0.739. The van der Waals surface area contributed by atoms with E-state index in [0.29, 0.717) is 23.3 Å². The molecule has 0 saturated heterocycles. The molecule has 5 heteroatoms. The zero-order valence-corrected chi connectivity index (χ0v) is 11.6. The van der Waals surface area contributed by atoms with Crippen LogP contribution in [0.15, 0.2) is 18.2 Å². The molecule has 0 N–H and O–H groups in total. The predicted octanol–water partition coefficient (Wildman–Crippen LogP) is 1.72. The minimum atomic E-state index is -1.03. The second-order valence-corrected chi connectivity index (χ2v) is 4.26. The summed E-state index contributed by atoms with van der Waals surface area (Å²) in [6, 6.07) is 5.10. The highest BCUT2D eigenvalue weighted by molar-refractivity contribution is 5.85. The van der Waals surface area contributed by atoms with Gasteiger partial charge >= 0.3 is 5.97 Å². The van der Waals surface area contributed by atoms with Crippen LogP contribution in [-0.4, -0.2) is 33.6 Å². The van der Waals surface area contributed by atoms with Crippen LogP contribution in [0.25, 0.3) is 0 Å². The minimum absolute atomic E-state index is 0.0369. The Kier molecular flexibility index (Phi) is 4.92. The summed E-state index contributed by atoms with van der Waals surface area (Å²) in [7, 11) is 4.34. The summed E-state index contributed by atoms with van der Waals surface area (Å²) in [5.74, 6) is 0.595. The summed E-state index contributed by atoms with van der Waals surface area (Å²) in [4.78, 5) is 22.8. The van der Waals surface area contributed by atoms with Crippen LogP contribution < -0.4 is 9.47 Å². The second-order valence-electron chi connectivity index (χ2n) is 4.26. The van der Waals surface area contributed by atoms with Gasteiger partial charge in [0.2, 0.25) is 0 Å². The first-order valence-corrected chi connectivity index (χ1v) is 5.78. The molecule has 0 aliphatic rings. The number of carbonyl (C=O) groups excluding carboxylic acids is 2. The van der Waals surface area contributed by atoms with Gasteiger partial charge in [0.25, 0.3) is 0 Å². The fraction of sp³-hybridized carbons (Fsp3) is 0.429. The third-order valence-electron chi connectivity index (χ3n) is 3.15. The van der Waals surface area contributed by atoms with Crippen molar-refractivity contribution in [3.63, 3.8) is 0 Å². The quantitative estimate of drug-likeness (QED) is 0.579. The van der Waals surface area contributed by atoms with Gasteiger partial charge < -0.3 is 19.0 Å². The van der Waals surface area contributed by atoms with E-state index >= 15 is 0 Å². The predicted molar refractivity (Wildman–Crippen MR) is 69.6 cm³/mol. The molecule has 0 bridgehead atoms. The smallest absolute Gasteiger partial charge is 0.316 e. The molecule has 19 heavy (non-hydrogen) atoms. The van der Waals surface area contributed by atoms with Crippen molar-refractivity contribution in [1.29, 1.82) is 0 Å². The third-order valence-corrected chi connectivity index (χ3v) is 3.15. The molecule has 0 aliphatic carbocycles. The first-order chi connectivity index (χ1) is 9.03. The van der Waals surface area contributed by atoms with Crippen molar-refractivity contribution in [1.82, 2.24) is 0 Å². The maximum atomic E-state index is 11.9. The highest BCUT2D eigenvalue weighted by Crippen LogP contribution is 2.35. The van der Waals surface area contributed by atoms with Crippen molar-refractivity contribution in [2.45, 2.75) is 18.8 Å². The van der Waals surface area contributed by atoms with Crippen molar-refractivity contribution in [3.8, 4) is 11.5 Å². The largest absolute Gasteiger partial charge is 0.493 e. The summed E-state index contributed by atoms with van der Waals surface area (Å²) in [6.45, 7) is 1.66. The van der Waals surface area contributed by atoms with E-state index in [4.69, 9.17) is 14.2 Å². The van der Waals surface area contributed by atoms with Crippen molar-refractivity contribution in [2.24, 2.45) is 0 Å². The molecule has 1 atom stereocenters. The molecule has 0 fully saturated rings. The van der Waals surface area contributed by atoms with Crippen LogP contribution in [0.1, 0.15) is 18.9 Å². The van der Waals surface area contributed by atoms with E-state index < -0.39 is 11.4 Å². The molecule has 0 spiro atoms. The first kappa shape index (κ1) is 15.0. The molecule has 0 radical (unpaired) electrons. The number of hydrogen-bond acceptors (Lipinski definition) is 5. The average Bonchev–Trinajstić information content (AvgIpc) is 2.45. The molecule has 0 amide bonds. The Labute approximate surface area is 112 Å². The van der Waals surface area contributed by atoms with Gasteiger partial charge in [0.15, 0.2) is 11.5 Å². The van der Waals surface area contributed by atoms with Crippen LogP contribution in [0.4, 0.5) is 0 Å². The van der Waals surface area contributed by atoms with E-state index in [0.717, 1.165) is 0 Å². The van der Waals surface area contributed by atoms with Gasteiger partial charge in [0, 0.05) is 6.42 Å². The molecular weight excluding hydrogens is 248 g/mol. The number of rotatable bonds is 6. The number of methoxy groups -OCH3 is 3. The van der Waals surface area contributed by atoms with Gasteiger partial charge in [-0.3, -0.25) is 4.79 Å². The molecule has 0 heterocycles. The van der Waals surface area contributed by atoms with E-state index in [-0.39, 0.29) is 6.42 Å². The van der Waals surface area contributed by atoms with Gasteiger partial charge in [-0.15, -0.1) is 0 Å². The molecular formula is C14H18O5. The Morgan fingerprint density at radius 1 is 1.21 bits per heavy atom. The standard InChI is InChI=1S/C14H18O5/c1-14(7-8-15,13(16)19-4)10-5-6-11(17-2)12(9-10)18-3/h5-6,8-9H,7H2,1-4H3/t14-/m1/s1. The second kappa shape index (κ2) is 6.22. The Morgan fingerprint density at radius 2 is 1.84 bits per heavy atom. The number of hydrogen-bond donors (Lipinski definition) is 0. The van der Waals surface area contributed by atoms with Gasteiger partial charge in [0.1, 0.15) is 6.29 Å². The number of benzene rings is 1. The number of esters is 1. The highest BCUT2D eigenvalue weighted by Gasteiger charge is 2.36. The van der Waals surface area contributed by atoms with Crippen LogP contribution in [0.3, 0.4) is 0 Å². The van der Waals surface area contributed by atoms with E-state index in [2.05, 4.69) is 0 Å². The lowest BCUT2D eigenvalue weighted by atomic mass is 9.80. The minimum Gasteiger partial charge on any atom is -0.493 e. The van der Waals surface area contributed by atoms with E-state index in [9.17, 15) is 9.59 Å². The van der Waals surface area contributed by atoms with Crippen LogP contribution in [0.2, 0.25) is 0 Å². The molecule has 0 unspecified atom stereocenters. The van der Waals surface area contributed by atoms with E-state index in [1.807, 2.05) is 0 Å². The lowest BCUT2D eigenvalue weighted by Crippen LogP contribution is -2.34. The summed E-state index contributed by atoms with van der Waals surface area (Å²) in [5, 5.41) is 0. The summed E-state index contributed by atoms with van der Waals surface area (Å²) in [5.41, 5.74) is -0.389. The normalized spacial score (nSPS) is 13.3. The molecule has 0 saturated carbocycles. The van der Waals surface area contributed by atoms with Crippen molar-refractivity contribution in [3.05, 3.63) is 23.8 Å². The molecule has 0 aliphatic heterocycles. The first-order valence-electron chi connectivity index (χ1n) is 5.78. The van der Waals surface area contributed by atoms with Gasteiger partial charge in [-0.2, -0.15) is 0 Å². The lowest BCUT2D eigenvalue weighted by Gasteiger charge is -2.25. The van der Waals surface area contributed by atoms with Crippen molar-refractivity contribution in [2.75, 3.05) is 21.3 Å². The topological polar surface area (TPSA) is 61.8 Å². The Morgan fingerprint density at radius 3 is 2.32 bits per heavy atom. The van der Waals surface area contributed by atoms with Gasteiger partial charge in [-0.05, 0) is 24.6 Å². The molecule has 104 valence electrons. The van der Waals surface area contributed by atoms with Crippen LogP contribution >= 0.6 is 0 Å². The Hall–Kier alpha value is -2.04. The maximum absolute atomic E-state index is 11.9. The van der Waals surface area contributed by atoms with E-state index in [1.165, 1.54) is 21.3 Å². The molecule has 1 rings (SSSR count). The van der Waals surface area contributed by atoms with Crippen LogP contribution in [0, 0.1) is 0 Å². The molecule has 1 aromatic carbocycles. The maximum Gasteiger partial charge on any atom is 0.316 e. The number of ether oxygens (including phenoxy) is 3. The SMILES string of the molecule is COC(=O)[C@](C)(CC=O)c1ccc(OC)c(OC)c1. The monoisotopic (exact) mass is 266 g/mol. The molecule has 1 aromatic rings.